The molecular weight excluding hydrogens is 354 g/mol. The van der Waals surface area contributed by atoms with E-state index < -0.39 is 8.56 Å². The van der Waals surface area contributed by atoms with E-state index in [1.165, 1.54) is 103 Å². The number of hydrogen-bond acceptors (Lipinski definition) is 5. The molecule has 0 bridgehead atoms. The number of likely N-dealkylation sites (tertiary alicyclic amines) is 2. The largest absolute Gasteiger partial charge is 0.393 e. The van der Waals surface area contributed by atoms with E-state index >= 15 is 0 Å². The summed E-state index contributed by atoms with van der Waals surface area (Å²) in [4.78, 5) is 7.66. The zero-order valence-electron chi connectivity index (χ0n) is 17.8. The molecule has 3 aliphatic rings. The standard InChI is InChI=1S/C21H43N3O2Si/c1-22-16-18-25-27(26-19-17-22,20-8-14-23-10-4-2-5-11-23)21-9-15-24-12-6-3-7-13-24/h2-21H2,1H3. The number of nitrogens with zero attached hydrogens (tertiary/aromatic N) is 3. The SMILES string of the molecule is CN1CCO[Si](CCCN2CCCCC2)(CCCN2CCCCC2)OCC1. The summed E-state index contributed by atoms with van der Waals surface area (Å²) >= 11 is 0. The van der Waals surface area contributed by atoms with Gasteiger partial charge in [0.1, 0.15) is 0 Å². The van der Waals surface area contributed by atoms with Crippen LogP contribution in [-0.4, -0.2) is 95.9 Å². The minimum Gasteiger partial charge on any atom is -0.393 e. The second-order valence-corrected chi connectivity index (χ2v) is 12.3. The third-order valence-electron chi connectivity index (χ3n) is 6.64. The molecule has 0 aromatic heterocycles. The topological polar surface area (TPSA) is 28.2 Å². The highest BCUT2D eigenvalue weighted by Gasteiger charge is 2.38. The quantitative estimate of drug-likeness (QED) is 0.587. The van der Waals surface area contributed by atoms with Crippen LogP contribution in [0.25, 0.3) is 0 Å². The fourth-order valence-electron chi connectivity index (χ4n) is 4.85. The van der Waals surface area contributed by atoms with Gasteiger partial charge in [-0.2, -0.15) is 0 Å². The monoisotopic (exact) mass is 397 g/mol. The average Bonchev–Trinajstić information content (AvgIpc) is 2.68. The third kappa shape index (κ3) is 7.75. The Kier molecular flexibility index (Phi) is 9.56. The second-order valence-electron chi connectivity index (χ2n) is 8.92. The van der Waals surface area contributed by atoms with Crippen LogP contribution in [0, 0.1) is 0 Å². The van der Waals surface area contributed by atoms with Crippen molar-refractivity contribution in [3.05, 3.63) is 0 Å². The summed E-state index contributed by atoms with van der Waals surface area (Å²) in [7, 11) is 0.131. The average molecular weight is 398 g/mol. The van der Waals surface area contributed by atoms with E-state index in [1.807, 2.05) is 0 Å². The molecule has 3 aliphatic heterocycles. The lowest BCUT2D eigenvalue weighted by Crippen LogP contribution is -2.48. The summed E-state index contributed by atoms with van der Waals surface area (Å²) < 4.78 is 13.1. The molecule has 5 nitrogen and oxygen atoms in total. The maximum Gasteiger partial charge on any atom is 0.338 e. The first-order valence-electron chi connectivity index (χ1n) is 11.7. The van der Waals surface area contributed by atoms with Crippen molar-refractivity contribution in [1.29, 1.82) is 0 Å². The van der Waals surface area contributed by atoms with Gasteiger partial charge in [0, 0.05) is 26.3 Å². The van der Waals surface area contributed by atoms with Crippen molar-refractivity contribution in [3.8, 4) is 0 Å². The first-order chi connectivity index (χ1) is 13.3. The fourth-order valence-corrected chi connectivity index (χ4v) is 8.08. The van der Waals surface area contributed by atoms with Crippen LogP contribution in [0.15, 0.2) is 0 Å². The van der Waals surface area contributed by atoms with Gasteiger partial charge in [0.25, 0.3) is 0 Å². The molecule has 0 unspecified atom stereocenters. The van der Waals surface area contributed by atoms with Gasteiger partial charge in [0.05, 0.1) is 0 Å². The molecule has 0 radical (unpaired) electrons. The van der Waals surface area contributed by atoms with Crippen molar-refractivity contribution in [3.63, 3.8) is 0 Å². The van der Waals surface area contributed by atoms with Crippen LogP contribution < -0.4 is 0 Å². The van der Waals surface area contributed by atoms with E-state index in [-0.39, 0.29) is 0 Å². The van der Waals surface area contributed by atoms with Gasteiger partial charge in [-0.1, -0.05) is 12.8 Å². The zero-order valence-corrected chi connectivity index (χ0v) is 18.8. The molecule has 27 heavy (non-hydrogen) atoms. The zero-order chi connectivity index (χ0) is 18.8. The highest BCUT2D eigenvalue weighted by molar-refractivity contribution is 6.67. The lowest BCUT2D eigenvalue weighted by molar-refractivity contribution is 0.102. The Hall–Kier alpha value is 0.0169. The van der Waals surface area contributed by atoms with Crippen molar-refractivity contribution >= 4 is 8.56 Å². The number of likely N-dealkylation sites (N-methyl/N-ethyl adjacent to an activating group) is 1. The van der Waals surface area contributed by atoms with Gasteiger partial charge in [-0.15, -0.1) is 0 Å². The minimum atomic E-state index is -2.04. The highest BCUT2D eigenvalue weighted by Crippen LogP contribution is 2.25. The van der Waals surface area contributed by atoms with Gasteiger partial charge >= 0.3 is 8.56 Å². The molecule has 6 heteroatoms. The molecule has 0 aromatic rings. The van der Waals surface area contributed by atoms with Gasteiger partial charge in [-0.25, -0.2) is 0 Å². The lowest BCUT2D eigenvalue weighted by Gasteiger charge is -2.36. The smallest absolute Gasteiger partial charge is 0.338 e. The highest BCUT2D eigenvalue weighted by atomic mass is 28.4. The van der Waals surface area contributed by atoms with E-state index in [0.717, 1.165) is 26.3 Å². The van der Waals surface area contributed by atoms with Crippen molar-refractivity contribution in [1.82, 2.24) is 14.7 Å². The Labute approximate surface area is 168 Å². The van der Waals surface area contributed by atoms with Gasteiger partial charge in [-0.3, -0.25) is 0 Å². The van der Waals surface area contributed by atoms with Crippen molar-refractivity contribution < 1.29 is 8.85 Å². The Morgan fingerprint density at radius 3 is 1.52 bits per heavy atom. The number of piperidine rings is 2. The summed E-state index contributed by atoms with van der Waals surface area (Å²) in [5.41, 5.74) is 0. The second kappa shape index (κ2) is 11.9. The lowest BCUT2D eigenvalue weighted by atomic mass is 10.1. The van der Waals surface area contributed by atoms with Crippen LogP contribution in [0.3, 0.4) is 0 Å². The van der Waals surface area contributed by atoms with Crippen molar-refractivity contribution in [2.75, 3.05) is 72.6 Å². The molecule has 0 aromatic carbocycles. The molecule has 0 saturated carbocycles. The van der Waals surface area contributed by atoms with E-state index in [1.54, 1.807) is 0 Å². The Morgan fingerprint density at radius 1 is 0.630 bits per heavy atom. The van der Waals surface area contributed by atoms with Crippen LogP contribution in [-0.2, 0) is 8.85 Å². The maximum atomic E-state index is 6.56. The molecule has 0 spiro atoms. The van der Waals surface area contributed by atoms with Crippen LogP contribution in [0.2, 0.25) is 12.1 Å². The van der Waals surface area contributed by atoms with E-state index in [4.69, 9.17) is 8.85 Å². The Balaban J connectivity index is 1.47. The Bertz CT molecular complexity index is 365. The molecule has 3 fully saturated rings. The molecule has 158 valence electrons. The molecule has 0 atom stereocenters. The van der Waals surface area contributed by atoms with Crippen molar-refractivity contribution in [2.24, 2.45) is 0 Å². The molecule has 0 amide bonds. The predicted octanol–water partition coefficient (Wildman–Crippen LogP) is 3.16. The van der Waals surface area contributed by atoms with E-state index in [9.17, 15) is 0 Å². The number of hydrogen-bond donors (Lipinski definition) is 0. The van der Waals surface area contributed by atoms with Crippen LogP contribution in [0.5, 0.6) is 0 Å². The summed E-state index contributed by atoms with van der Waals surface area (Å²) in [6.45, 7) is 11.5. The first-order valence-corrected chi connectivity index (χ1v) is 13.9. The van der Waals surface area contributed by atoms with Crippen LogP contribution in [0.1, 0.15) is 51.4 Å². The first kappa shape index (κ1) is 21.7. The van der Waals surface area contributed by atoms with E-state index in [2.05, 4.69) is 21.7 Å². The normalized spacial score (nSPS) is 26.6. The van der Waals surface area contributed by atoms with Crippen LogP contribution >= 0.6 is 0 Å². The molecule has 0 aliphatic carbocycles. The molecule has 3 saturated heterocycles. The third-order valence-corrected chi connectivity index (χ3v) is 10.3. The van der Waals surface area contributed by atoms with E-state index in [0.29, 0.717) is 0 Å². The van der Waals surface area contributed by atoms with Crippen molar-refractivity contribution in [2.45, 2.75) is 63.5 Å². The summed E-state index contributed by atoms with van der Waals surface area (Å²) in [5, 5.41) is 0. The van der Waals surface area contributed by atoms with Gasteiger partial charge in [0.2, 0.25) is 0 Å². The molecule has 0 N–H and O–H groups in total. The van der Waals surface area contributed by atoms with Gasteiger partial charge < -0.3 is 23.6 Å². The van der Waals surface area contributed by atoms with Crippen LogP contribution in [0.4, 0.5) is 0 Å². The molecule has 3 rings (SSSR count). The predicted molar refractivity (Wildman–Crippen MR) is 115 cm³/mol. The molecular formula is C21H43N3O2Si. The molecule has 3 heterocycles. The summed E-state index contributed by atoms with van der Waals surface area (Å²) in [6, 6.07) is 2.38. The maximum absolute atomic E-state index is 6.56. The number of rotatable bonds is 8. The Morgan fingerprint density at radius 2 is 1.07 bits per heavy atom. The summed E-state index contributed by atoms with van der Waals surface area (Å²) in [6.07, 6.45) is 10.9. The van der Waals surface area contributed by atoms with Gasteiger partial charge in [-0.05, 0) is 96.9 Å². The van der Waals surface area contributed by atoms with Gasteiger partial charge in [0.15, 0.2) is 0 Å². The fraction of sp³-hybridized carbons (Fsp3) is 1.00. The minimum absolute atomic E-state index is 0.857. The summed E-state index contributed by atoms with van der Waals surface area (Å²) in [5.74, 6) is 0.